The van der Waals surface area contributed by atoms with E-state index in [1.165, 1.54) is 23.8 Å². The zero-order chi connectivity index (χ0) is 22.3. The molecule has 160 valence electrons. The summed E-state index contributed by atoms with van der Waals surface area (Å²) >= 11 is 0. The molecule has 0 aliphatic carbocycles. The van der Waals surface area contributed by atoms with E-state index in [1.807, 2.05) is 6.07 Å². The first-order valence-electron chi connectivity index (χ1n) is 9.36. The van der Waals surface area contributed by atoms with Gasteiger partial charge in [0.15, 0.2) is 0 Å². The van der Waals surface area contributed by atoms with Gasteiger partial charge < -0.3 is 13.8 Å². The molecule has 0 fully saturated rings. The van der Waals surface area contributed by atoms with E-state index >= 15 is 0 Å². The molecule has 0 aliphatic heterocycles. The van der Waals surface area contributed by atoms with E-state index in [0.717, 1.165) is 17.6 Å². The van der Waals surface area contributed by atoms with Gasteiger partial charge in [-0.2, -0.15) is 13.2 Å². The average molecular weight is 429 g/mol. The van der Waals surface area contributed by atoms with Crippen molar-refractivity contribution in [3.63, 3.8) is 0 Å². The quantitative estimate of drug-likeness (QED) is 0.469. The molecule has 1 aromatic carbocycles. The summed E-state index contributed by atoms with van der Waals surface area (Å²) in [6.07, 6.45) is -3.72. The maximum Gasteiger partial charge on any atom is 0.417 e. The maximum absolute atomic E-state index is 12.9. The minimum absolute atomic E-state index is 0.0160. The number of aryl methyl sites for hydroxylation is 2. The lowest BCUT2D eigenvalue weighted by Gasteiger charge is -2.17. The Hall–Kier alpha value is -3.62. The van der Waals surface area contributed by atoms with Crippen molar-refractivity contribution in [1.82, 2.24) is 14.7 Å². The van der Waals surface area contributed by atoms with Crippen molar-refractivity contribution in [2.75, 3.05) is 7.11 Å². The third-order valence-corrected chi connectivity index (χ3v) is 5.09. The number of nitrogens with zero attached hydrogens (tertiary/aromatic N) is 3. The SMILES string of the molecule is COc1ccc2ccc(=O)n(Cc3ccc(C(F)(F)F)cn3)c2c1-c1c(C)noc1C. The van der Waals surface area contributed by atoms with Crippen LogP contribution < -0.4 is 10.3 Å². The molecule has 0 saturated carbocycles. The number of alkyl halides is 3. The molecule has 0 atom stereocenters. The van der Waals surface area contributed by atoms with Gasteiger partial charge in [0, 0.05) is 12.3 Å². The second kappa shape index (κ2) is 7.57. The number of benzene rings is 1. The zero-order valence-corrected chi connectivity index (χ0v) is 16.9. The highest BCUT2D eigenvalue weighted by Gasteiger charge is 2.30. The Balaban J connectivity index is 1.96. The van der Waals surface area contributed by atoms with Crippen molar-refractivity contribution in [3.05, 3.63) is 75.7 Å². The summed E-state index contributed by atoms with van der Waals surface area (Å²) < 4.78 is 50.9. The average Bonchev–Trinajstić information content (AvgIpc) is 3.06. The van der Waals surface area contributed by atoms with Crippen molar-refractivity contribution in [1.29, 1.82) is 0 Å². The molecule has 0 N–H and O–H groups in total. The van der Waals surface area contributed by atoms with Crippen LogP contribution in [-0.4, -0.2) is 21.8 Å². The molecule has 4 rings (SSSR count). The Labute approximate surface area is 174 Å². The molecule has 0 bridgehead atoms. The number of aromatic nitrogens is 3. The first kappa shape index (κ1) is 20.6. The number of ether oxygens (including phenoxy) is 1. The van der Waals surface area contributed by atoms with Crippen LogP contribution in [0.2, 0.25) is 0 Å². The van der Waals surface area contributed by atoms with Crippen molar-refractivity contribution < 1.29 is 22.4 Å². The number of pyridine rings is 2. The second-order valence-electron chi connectivity index (χ2n) is 7.07. The predicted octanol–water partition coefficient (Wildman–Crippen LogP) is 4.74. The Morgan fingerprint density at radius 1 is 1.06 bits per heavy atom. The molecule has 9 heteroatoms. The van der Waals surface area contributed by atoms with E-state index in [9.17, 15) is 18.0 Å². The van der Waals surface area contributed by atoms with Gasteiger partial charge in [0.1, 0.15) is 11.5 Å². The minimum Gasteiger partial charge on any atom is -0.496 e. The highest BCUT2D eigenvalue weighted by atomic mass is 19.4. The van der Waals surface area contributed by atoms with Crippen LogP contribution in [-0.2, 0) is 12.7 Å². The van der Waals surface area contributed by atoms with E-state index in [0.29, 0.717) is 39.5 Å². The number of hydrogen-bond donors (Lipinski definition) is 0. The second-order valence-corrected chi connectivity index (χ2v) is 7.07. The molecule has 4 aromatic rings. The topological polar surface area (TPSA) is 70.2 Å². The Bertz CT molecular complexity index is 1300. The molecular weight excluding hydrogens is 411 g/mol. The van der Waals surface area contributed by atoms with Crippen molar-refractivity contribution in [3.8, 4) is 16.9 Å². The summed E-state index contributed by atoms with van der Waals surface area (Å²) in [5, 5.41) is 4.76. The number of fused-ring (bicyclic) bond motifs is 1. The highest BCUT2D eigenvalue weighted by Crippen LogP contribution is 2.40. The van der Waals surface area contributed by atoms with Crippen molar-refractivity contribution >= 4 is 10.9 Å². The van der Waals surface area contributed by atoms with Crippen LogP contribution in [0.25, 0.3) is 22.0 Å². The molecule has 0 radical (unpaired) electrons. The Morgan fingerprint density at radius 3 is 2.39 bits per heavy atom. The van der Waals surface area contributed by atoms with Gasteiger partial charge in [0.25, 0.3) is 5.56 Å². The molecule has 0 amide bonds. The molecule has 0 saturated heterocycles. The molecule has 3 aromatic heterocycles. The third kappa shape index (κ3) is 3.67. The number of halogens is 3. The van der Waals surface area contributed by atoms with Gasteiger partial charge in [0.05, 0.1) is 47.2 Å². The zero-order valence-electron chi connectivity index (χ0n) is 16.9. The first-order valence-corrected chi connectivity index (χ1v) is 9.36. The fourth-order valence-corrected chi connectivity index (χ4v) is 3.63. The lowest BCUT2D eigenvalue weighted by atomic mass is 9.99. The Morgan fingerprint density at radius 2 is 1.81 bits per heavy atom. The van der Waals surface area contributed by atoms with Crippen LogP contribution in [0.4, 0.5) is 13.2 Å². The van der Waals surface area contributed by atoms with Gasteiger partial charge in [-0.05, 0) is 49.6 Å². The summed E-state index contributed by atoms with van der Waals surface area (Å²) in [6.45, 7) is 3.53. The van der Waals surface area contributed by atoms with Gasteiger partial charge in [-0.3, -0.25) is 9.78 Å². The van der Waals surface area contributed by atoms with Crippen LogP contribution in [0.15, 0.2) is 51.9 Å². The van der Waals surface area contributed by atoms with Crippen molar-refractivity contribution in [2.45, 2.75) is 26.6 Å². The van der Waals surface area contributed by atoms with E-state index in [1.54, 1.807) is 26.0 Å². The van der Waals surface area contributed by atoms with Gasteiger partial charge >= 0.3 is 6.18 Å². The van der Waals surface area contributed by atoms with Crippen LogP contribution >= 0.6 is 0 Å². The normalized spacial score (nSPS) is 11.8. The minimum atomic E-state index is -4.48. The lowest BCUT2D eigenvalue weighted by molar-refractivity contribution is -0.137. The van der Waals surface area contributed by atoms with Crippen LogP contribution in [0, 0.1) is 13.8 Å². The smallest absolute Gasteiger partial charge is 0.417 e. The predicted molar refractivity (Wildman–Crippen MR) is 108 cm³/mol. The third-order valence-electron chi connectivity index (χ3n) is 5.09. The van der Waals surface area contributed by atoms with E-state index in [-0.39, 0.29) is 12.1 Å². The highest BCUT2D eigenvalue weighted by molar-refractivity contribution is 5.98. The van der Waals surface area contributed by atoms with Gasteiger partial charge in [-0.15, -0.1) is 0 Å². The van der Waals surface area contributed by atoms with Gasteiger partial charge in [-0.25, -0.2) is 0 Å². The maximum atomic E-state index is 12.9. The Kier molecular flexibility index (Phi) is 5.04. The molecule has 0 spiro atoms. The van der Waals surface area contributed by atoms with Crippen LogP contribution in [0.1, 0.15) is 22.7 Å². The van der Waals surface area contributed by atoms with E-state index in [2.05, 4.69) is 10.1 Å². The number of methoxy groups -OCH3 is 1. The monoisotopic (exact) mass is 429 g/mol. The van der Waals surface area contributed by atoms with Gasteiger partial charge in [0.2, 0.25) is 0 Å². The number of hydrogen-bond acceptors (Lipinski definition) is 5. The van der Waals surface area contributed by atoms with E-state index in [4.69, 9.17) is 9.26 Å². The first-order chi connectivity index (χ1) is 14.7. The molecule has 0 aliphatic rings. The molecule has 0 unspecified atom stereocenters. The summed E-state index contributed by atoms with van der Waals surface area (Å²) in [4.78, 5) is 16.7. The molecule has 3 heterocycles. The molecule has 31 heavy (non-hydrogen) atoms. The molecular formula is C22H18F3N3O3. The van der Waals surface area contributed by atoms with Crippen LogP contribution in [0.5, 0.6) is 5.75 Å². The fraction of sp³-hybridized carbons (Fsp3) is 0.227. The van der Waals surface area contributed by atoms with Crippen molar-refractivity contribution in [2.24, 2.45) is 0 Å². The molecule has 6 nitrogen and oxygen atoms in total. The standard InChI is InChI=1S/C22H18F3N3O3/c1-12-19(13(2)31-27-12)20-17(30-3)8-4-14-5-9-18(29)28(21(14)20)11-16-7-6-15(10-26-16)22(23,24)25/h4-10H,11H2,1-3H3. The van der Waals surface area contributed by atoms with Gasteiger partial charge in [-0.1, -0.05) is 5.16 Å². The van der Waals surface area contributed by atoms with Crippen LogP contribution in [0.3, 0.4) is 0 Å². The van der Waals surface area contributed by atoms with E-state index < -0.39 is 11.7 Å². The number of rotatable bonds is 4. The summed E-state index contributed by atoms with van der Waals surface area (Å²) in [5.74, 6) is 1.07. The largest absolute Gasteiger partial charge is 0.496 e. The fourth-order valence-electron chi connectivity index (χ4n) is 3.63. The lowest BCUT2D eigenvalue weighted by Crippen LogP contribution is -2.21. The summed E-state index contributed by atoms with van der Waals surface area (Å²) in [6, 6.07) is 8.92. The summed E-state index contributed by atoms with van der Waals surface area (Å²) in [5.41, 5.74) is 1.65. The summed E-state index contributed by atoms with van der Waals surface area (Å²) in [7, 11) is 1.52.